The Morgan fingerprint density at radius 2 is 1.92 bits per heavy atom. The zero-order chi connectivity index (χ0) is 27.4. The quantitative estimate of drug-likeness (QED) is 0.170. The van der Waals surface area contributed by atoms with Gasteiger partial charge >= 0.3 is 242 Å². The van der Waals surface area contributed by atoms with Crippen LogP contribution in [0, 0.1) is 11.6 Å². The van der Waals surface area contributed by atoms with Crippen LogP contribution in [0.15, 0.2) is 44.5 Å². The van der Waals surface area contributed by atoms with E-state index in [1.165, 1.54) is 17.8 Å². The Kier molecular flexibility index (Phi) is 7.73. The molecule has 0 saturated carbocycles. The zero-order valence-corrected chi connectivity index (χ0v) is 26.4. The van der Waals surface area contributed by atoms with Crippen molar-refractivity contribution >= 4 is 58.3 Å². The molecule has 0 saturated heterocycles. The number of hydrogen-bond acceptors (Lipinski definition) is 5. The molecular weight excluding hydrogens is 730 g/mol. The number of halogens is 2. The molecule has 3 aromatic rings. The van der Waals surface area contributed by atoms with Crippen molar-refractivity contribution in [3.8, 4) is 0 Å². The third-order valence-corrected chi connectivity index (χ3v) is 10.8. The van der Waals surface area contributed by atoms with E-state index in [1.807, 2.05) is 4.40 Å². The monoisotopic (exact) mass is 757 g/mol. The summed E-state index contributed by atoms with van der Waals surface area (Å²) < 4.78 is 34.5. The van der Waals surface area contributed by atoms with Crippen molar-refractivity contribution in [2.24, 2.45) is 4.99 Å². The Morgan fingerprint density at radius 1 is 1.13 bits per heavy atom. The van der Waals surface area contributed by atoms with Crippen molar-refractivity contribution in [3.05, 3.63) is 85.9 Å². The molecule has 1 N–H and O–H groups in total. The first kappa shape index (κ1) is 27.5. The second kappa shape index (κ2) is 11.0. The van der Waals surface area contributed by atoms with Crippen molar-refractivity contribution < 1.29 is 28.1 Å². The van der Waals surface area contributed by atoms with Gasteiger partial charge in [-0.25, -0.2) is 0 Å². The summed E-state index contributed by atoms with van der Waals surface area (Å²) in [5, 5.41) is 5.36. The van der Waals surface area contributed by atoms with Crippen LogP contribution < -0.4 is 15.9 Å². The molecule has 8 heteroatoms. The van der Waals surface area contributed by atoms with Crippen molar-refractivity contribution in [3.63, 3.8) is 0 Å². The number of thioether (sulfide) groups is 1. The van der Waals surface area contributed by atoms with Gasteiger partial charge in [0.15, 0.2) is 0 Å². The van der Waals surface area contributed by atoms with Crippen molar-refractivity contribution in [1.29, 1.82) is 0 Å². The molecule has 0 radical (unpaired) electrons. The molecule has 2 nitrogen and oxygen atoms in total. The Hall–Kier alpha value is -1.66. The van der Waals surface area contributed by atoms with Gasteiger partial charge in [0.2, 0.25) is 0 Å². The van der Waals surface area contributed by atoms with Crippen LogP contribution in [0.1, 0.15) is 58.7 Å². The average molecular weight is 758 g/mol. The molecule has 2 heterocycles. The van der Waals surface area contributed by atoms with Gasteiger partial charge in [-0.05, 0) is 0 Å². The fraction of sp³-hybridized carbons (Fsp3) is 0.290. The molecule has 39 heavy (non-hydrogen) atoms. The number of hydrogen-bond donors (Lipinski definition) is 3. The van der Waals surface area contributed by atoms with Crippen LogP contribution in [-0.2, 0) is 38.6 Å². The van der Waals surface area contributed by atoms with Gasteiger partial charge in [0.05, 0.1) is 0 Å². The molecule has 0 spiro atoms. The van der Waals surface area contributed by atoms with Crippen molar-refractivity contribution in [2.75, 3.05) is 24.2 Å². The Bertz CT molecular complexity index is 1710. The number of benzene rings is 3. The summed E-state index contributed by atoms with van der Waals surface area (Å²) in [6, 6.07) is 5.64. The van der Waals surface area contributed by atoms with Gasteiger partial charge in [0.1, 0.15) is 0 Å². The third-order valence-electron chi connectivity index (χ3n) is 7.79. The maximum atomic E-state index is 16.7. The second-order valence-electron chi connectivity index (χ2n) is 10.3. The number of nitrogens with zero attached hydrogens (tertiary/aromatic N) is 1. The third kappa shape index (κ3) is 4.62. The van der Waals surface area contributed by atoms with Gasteiger partial charge in [0.25, 0.3) is 0 Å². The Morgan fingerprint density at radius 3 is 2.69 bits per heavy atom. The Labute approximate surface area is 253 Å². The Balaban J connectivity index is 1.81. The molecular formula is C31H28F2N2PtS3. The molecule has 3 aromatic carbocycles. The minimum absolute atomic E-state index is 0.226. The summed E-state index contributed by atoms with van der Waals surface area (Å²) in [4.78, 5) is 6.79. The summed E-state index contributed by atoms with van der Waals surface area (Å²) in [7, 11) is 0. The van der Waals surface area contributed by atoms with E-state index < -0.39 is 11.6 Å². The molecule has 3 aliphatic rings. The molecule has 0 amide bonds. The van der Waals surface area contributed by atoms with E-state index >= 15 is 8.78 Å². The predicted molar refractivity (Wildman–Crippen MR) is 160 cm³/mol. The fourth-order valence-electron chi connectivity index (χ4n) is 6.10. The molecule has 0 bridgehead atoms. The number of thiol groups is 2. The SMILES string of the molecule is C=C(C)c1c(F)cc(SC[CH]=[Pt])c(F)c1C1=c2cc3c(c(S)c2Cc2c1cc1c(c2S)NCCC1)=NCCC3. The summed E-state index contributed by atoms with van der Waals surface area (Å²) in [6.07, 6.45) is 4.38. The van der Waals surface area contributed by atoms with E-state index in [9.17, 15) is 0 Å². The van der Waals surface area contributed by atoms with Gasteiger partial charge in [-0.1, -0.05) is 0 Å². The predicted octanol–water partition coefficient (Wildman–Crippen LogP) is 6.09. The van der Waals surface area contributed by atoms with Crippen LogP contribution in [-0.4, -0.2) is 23.2 Å². The van der Waals surface area contributed by atoms with Crippen LogP contribution in [0.2, 0.25) is 0 Å². The summed E-state index contributed by atoms with van der Waals surface area (Å²) in [5.74, 6) is -0.297. The average Bonchev–Trinajstić information content (AvgIpc) is 2.93. The van der Waals surface area contributed by atoms with E-state index in [0.717, 1.165) is 92.6 Å². The molecule has 6 rings (SSSR count). The first-order valence-electron chi connectivity index (χ1n) is 13.1. The minimum atomic E-state index is -0.457. The van der Waals surface area contributed by atoms with Crippen LogP contribution in [0.5, 0.6) is 0 Å². The summed E-state index contributed by atoms with van der Waals surface area (Å²) >= 11 is 13.4. The number of allylic oxidation sites excluding steroid dienone is 1. The summed E-state index contributed by atoms with van der Waals surface area (Å²) in [6.45, 7) is 7.48. The van der Waals surface area contributed by atoms with Crippen LogP contribution in [0.4, 0.5) is 14.5 Å². The van der Waals surface area contributed by atoms with Gasteiger partial charge in [-0.3, -0.25) is 0 Å². The second-order valence-corrected chi connectivity index (χ2v) is 13.1. The molecule has 204 valence electrons. The van der Waals surface area contributed by atoms with E-state index in [1.54, 1.807) is 6.92 Å². The topological polar surface area (TPSA) is 24.4 Å². The standard InChI is InChI=1S/C31H28F2N2S3.Pt/c1-4-38-23-14-22(32)24(15(2)3)26(27(23)33)25-18-11-16-7-5-9-34-28(16)30(36)20(18)13-21-19(25)12-17-8-6-10-35-29(17)31(21)37;/h1,11-12,14,34,36-37H,2,4-10,13H2,3H3;. The van der Waals surface area contributed by atoms with Gasteiger partial charge < -0.3 is 0 Å². The number of aryl methyl sites for hydroxylation is 2. The number of anilines is 1. The molecule has 0 fully saturated rings. The molecule has 2 aliphatic heterocycles. The van der Waals surface area contributed by atoms with Crippen molar-refractivity contribution in [2.45, 2.75) is 53.7 Å². The van der Waals surface area contributed by atoms with Crippen LogP contribution in [0.3, 0.4) is 0 Å². The maximum absolute atomic E-state index is 16.7. The zero-order valence-electron chi connectivity index (χ0n) is 21.5. The van der Waals surface area contributed by atoms with E-state index in [2.05, 4.69) is 43.4 Å². The van der Waals surface area contributed by atoms with Gasteiger partial charge in [-0.15, -0.1) is 0 Å². The molecule has 0 unspecified atom stereocenters. The number of fused-ring (bicyclic) bond motifs is 4. The van der Waals surface area contributed by atoms with Crippen LogP contribution >= 0.6 is 37.0 Å². The first-order valence-corrected chi connectivity index (χ1v) is 16.2. The van der Waals surface area contributed by atoms with Gasteiger partial charge in [-0.2, -0.15) is 0 Å². The molecule has 1 aliphatic carbocycles. The first-order chi connectivity index (χ1) is 18.8. The normalized spacial score (nSPS) is 15.4. The van der Waals surface area contributed by atoms with Crippen LogP contribution in [0.25, 0.3) is 11.1 Å². The van der Waals surface area contributed by atoms with Gasteiger partial charge in [0, 0.05) is 13.1 Å². The number of nitrogens with one attached hydrogen (secondary N) is 1. The van der Waals surface area contributed by atoms with E-state index in [-0.39, 0.29) is 11.1 Å². The number of rotatable bonds is 5. The summed E-state index contributed by atoms with van der Waals surface area (Å²) in [5.41, 5.74) is 7.92. The molecule has 0 atom stereocenters. The van der Waals surface area contributed by atoms with E-state index in [4.69, 9.17) is 30.2 Å². The van der Waals surface area contributed by atoms with Crippen molar-refractivity contribution in [1.82, 2.24) is 0 Å². The molecule has 0 aromatic heterocycles. The fourth-order valence-corrected chi connectivity index (χ4v) is 8.15. The van der Waals surface area contributed by atoms with E-state index in [0.29, 0.717) is 28.2 Å².